The first-order valence-electron chi connectivity index (χ1n) is 13.3. The van der Waals surface area contributed by atoms with Gasteiger partial charge in [-0.1, -0.05) is 12.6 Å². The van der Waals surface area contributed by atoms with Crippen molar-refractivity contribution in [3.8, 4) is 17.3 Å². The minimum Gasteiger partial charge on any atom is -0.496 e. The fourth-order valence-electron chi connectivity index (χ4n) is 4.94. The standard InChI is InChI=1S/C29H36N8O3/c1-5-28(38)32-21-17-22(26(40-4)18-24(21)35(2)15-16-36-13-6-7-14-36)33-29-30-12-11-27(34-29)37-23-9-8-10-25(39-3)20(23)19-31-37/h5,8-12,17-19,28,32,38H,1,6-7,13-16H2,2-4H3,(H,30,33,34). The van der Waals surface area contributed by atoms with Gasteiger partial charge in [-0.2, -0.15) is 10.1 Å². The molecule has 3 N–H and O–H groups in total. The predicted octanol–water partition coefficient (Wildman–Crippen LogP) is 4.02. The van der Waals surface area contributed by atoms with Gasteiger partial charge in [0.25, 0.3) is 0 Å². The molecule has 2 aromatic carbocycles. The van der Waals surface area contributed by atoms with Crippen LogP contribution in [0, 0.1) is 0 Å². The lowest BCUT2D eigenvalue weighted by atomic mass is 10.2. The number of nitrogens with one attached hydrogen (secondary N) is 2. The van der Waals surface area contributed by atoms with Gasteiger partial charge in [0.2, 0.25) is 5.95 Å². The molecule has 1 unspecified atom stereocenters. The summed E-state index contributed by atoms with van der Waals surface area (Å²) in [6, 6.07) is 11.4. The van der Waals surface area contributed by atoms with E-state index in [1.54, 1.807) is 37.4 Å². The molecule has 5 rings (SSSR count). The van der Waals surface area contributed by atoms with Crippen molar-refractivity contribution in [1.29, 1.82) is 0 Å². The molecule has 1 saturated heterocycles. The zero-order valence-electron chi connectivity index (χ0n) is 23.2. The monoisotopic (exact) mass is 544 g/mol. The normalized spacial score (nSPS) is 14.2. The number of hydrogen-bond donors (Lipinski definition) is 3. The summed E-state index contributed by atoms with van der Waals surface area (Å²) in [4.78, 5) is 13.8. The SMILES string of the molecule is C=CC(O)Nc1cc(Nc2nccc(-n3ncc4c(OC)cccc43)n2)c(OC)cc1N(C)CCN1CCCC1. The van der Waals surface area contributed by atoms with Crippen LogP contribution in [-0.2, 0) is 0 Å². The van der Waals surface area contributed by atoms with E-state index in [0.717, 1.165) is 54.2 Å². The topological polar surface area (TPSA) is 113 Å². The van der Waals surface area contributed by atoms with Gasteiger partial charge in [0, 0.05) is 38.5 Å². The molecule has 4 aromatic rings. The highest BCUT2D eigenvalue weighted by Gasteiger charge is 2.18. The van der Waals surface area contributed by atoms with Gasteiger partial charge < -0.3 is 35.0 Å². The van der Waals surface area contributed by atoms with Crippen LogP contribution in [0.15, 0.2) is 61.4 Å². The number of benzene rings is 2. The van der Waals surface area contributed by atoms with Gasteiger partial charge in [0.15, 0.2) is 5.82 Å². The van der Waals surface area contributed by atoms with E-state index in [2.05, 4.69) is 37.1 Å². The molecule has 1 atom stereocenters. The molecule has 40 heavy (non-hydrogen) atoms. The number of aliphatic hydroxyl groups excluding tert-OH is 1. The third-order valence-electron chi connectivity index (χ3n) is 7.10. The van der Waals surface area contributed by atoms with Crippen LogP contribution in [0.1, 0.15) is 12.8 Å². The van der Waals surface area contributed by atoms with Gasteiger partial charge >= 0.3 is 0 Å². The first kappa shape index (κ1) is 27.2. The number of aliphatic hydroxyl groups is 1. The quantitative estimate of drug-likeness (QED) is 0.179. The summed E-state index contributed by atoms with van der Waals surface area (Å²) in [6.07, 6.45) is 6.47. The summed E-state index contributed by atoms with van der Waals surface area (Å²) in [7, 11) is 5.31. The van der Waals surface area contributed by atoms with Crippen molar-refractivity contribution in [2.24, 2.45) is 0 Å². The first-order chi connectivity index (χ1) is 19.5. The van der Waals surface area contributed by atoms with E-state index in [-0.39, 0.29) is 0 Å². The lowest BCUT2D eigenvalue weighted by Gasteiger charge is -2.27. The molecule has 0 saturated carbocycles. The van der Waals surface area contributed by atoms with Crippen LogP contribution in [0.25, 0.3) is 16.7 Å². The Morgan fingerprint density at radius 3 is 2.67 bits per heavy atom. The zero-order valence-corrected chi connectivity index (χ0v) is 23.2. The Labute approximate surface area is 234 Å². The molecule has 1 fully saturated rings. The number of ether oxygens (including phenoxy) is 2. The predicted molar refractivity (Wildman–Crippen MR) is 158 cm³/mol. The number of nitrogens with zero attached hydrogens (tertiary/aromatic N) is 6. The molecule has 0 amide bonds. The summed E-state index contributed by atoms with van der Waals surface area (Å²) >= 11 is 0. The summed E-state index contributed by atoms with van der Waals surface area (Å²) < 4.78 is 13.0. The lowest BCUT2D eigenvalue weighted by Crippen LogP contribution is -2.32. The Bertz CT molecular complexity index is 1470. The molecule has 0 aliphatic carbocycles. The van der Waals surface area contributed by atoms with Gasteiger partial charge in [-0.3, -0.25) is 0 Å². The van der Waals surface area contributed by atoms with Crippen molar-refractivity contribution >= 4 is 33.9 Å². The molecule has 210 valence electrons. The van der Waals surface area contributed by atoms with Crippen molar-refractivity contribution in [2.45, 2.75) is 19.1 Å². The Morgan fingerprint density at radius 2 is 1.93 bits per heavy atom. The van der Waals surface area contributed by atoms with Crippen molar-refractivity contribution < 1.29 is 14.6 Å². The van der Waals surface area contributed by atoms with Gasteiger partial charge in [-0.15, -0.1) is 0 Å². The molecule has 0 spiro atoms. The largest absolute Gasteiger partial charge is 0.496 e. The third kappa shape index (κ3) is 5.80. The van der Waals surface area contributed by atoms with E-state index in [1.807, 2.05) is 37.4 Å². The Morgan fingerprint density at radius 1 is 1.12 bits per heavy atom. The molecule has 0 bridgehead atoms. The summed E-state index contributed by atoms with van der Waals surface area (Å²) in [5.74, 6) is 2.32. The van der Waals surface area contributed by atoms with Crippen molar-refractivity contribution in [3.05, 3.63) is 61.4 Å². The van der Waals surface area contributed by atoms with Crippen LogP contribution in [0.4, 0.5) is 23.0 Å². The minimum atomic E-state index is -0.920. The van der Waals surface area contributed by atoms with E-state index in [0.29, 0.717) is 23.2 Å². The van der Waals surface area contributed by atoms with Crippen LogP contribution >= 0.6 is 0 Å². The number of likely N-dealkylation sites (N-methyl/N-ethyl adjacent to an activating group) is 1. The lowest BCUT2D eigenvalue weighted by molar-refractivity contribution is 0.253. The van der Waals surface area contributed by atoms with Gasteiger partial charge in [-0.05, 0) is 50.2 Å². The van der Waals surface area contributed by atoms with Crippen molar-refractivity contribution in [2.75, 3.05) is 63.0 Å². The Kier molecular flexibility index (Phi) is 8.32. The maximum absolute atomic E-state index is 10.3. The highest BCUT2D eigenvalue weighted by atomic mass is 16.5. The molecule has 0 radical (unpaired) electrons. The average Bonchev–Trinajstić information content (AvgIpc) is 3.66. The first-order valence-corrected chi connectivity index (χ1v) is 13.3. The molecule has 1 aliphatic heterocycles. The molecule has 11 nitrogen and oxygen atoms in total. The number of hydrogen-bond acceptors (Lipinski definition) is 10. The highest BCUT2D eigenvalue weighted by molar-refractivity contribution is 5.86. The number of likely N-dealkylation sites (tertiary alicyclic amines) is 1. The number of aromatic nitrogens is 4. The Balaban J connectivity index is 1.44. The second-order valence-electron chi connectivity index (χ2n) is 9.68. The van der Waals surface area contributed by atoms with Gasteiger partial charge in [0.05, 0.1) is 48.4 Å². The smallest absolute Gasteiger partial charge is 0.229 e. The van der Waals surface area contributed by atoms with E-state index in [4.69, 9.17) is 14.5 Å². The van der Waals surface area contributed by atoms with E-state index >= 15 is 0 Å². The third-order valence-corrected chi connectivity index (χ3v) is 7.10. The van der Waals surface area contributed by atoms with E-state index in [9.17, 15) is 5.11 Å². The number of fused-ring (bicyclic) bond motifs is 1. The summed E-state index contributed by atoms with van der Waals surface area (Å²) in [5.41, 5.74) is 3.13. The molecular weight excluding hydrogens is 508 g/mol. The molecule has 3 heterocycles. The van der Waals surface area contributed by atoms with Crippen LogP contribution in [0.5, 0.6) is 11.5 Å². The number of methoxy groups -OCH3 is 2. The Hall–Kier alpha value is -4.35. The van der Waals surface area contributed by atoms with Gasteiger partial charge in [-0.25, -0.2) is 9.67 Å². The average molecular weight is 545 g/mol. The second kappa shape index (κ2) is 12.2. The summed E-state index contributed by atoms with van der Waals surface area (Å²) in [6.45, 7) is 7.79. The molecule has 2 aromatic heterocycles. The fraction of sp³-hybridized carbons (Fsp3) is 0.345. The van der Waals surface area contributed by atoms with Crippen molar-refractivity contribution in [3.63, 3.8) is 0 Å². The van der Waals surface area contributed by atoms with Gasteiger partial charge in [0.1, 0.15) is 17.7 Å². The van der Waals surface area contributed by atoms with E-state index < -0.39 is 6.23 Å². The number of anilines is 4. The van der Waals surface area contributed by atoms with Crippen LogP contribution < -0.4 is 25.0 Å². The summed E-state index contributed by atoms with van der Waals surface area (Å²) in [5, 5.41) is 22.2. The van der Waals surface area contributed by atoms with Crippen LogP contribution in [0.2, 0.25) is 0 Å². The maximum Gasteiger partial charge on any atom is 0.229 e. The molecule has 11 heteroatoms. The van der Waals surface area contributed by atoms with E-state index in [1.165, 1.54) is 18.9 Å². The maximum atomic E-state index is 10.3. The number of rotatable bonds is 12. The minimum absolute atomic E-state index is 0.368. The second-order valence-corrected chi connectivity index (χ2v) is 9.68. The van der Waals surface area contributed by atoms with Crippen LogP contribution in [0.3, 0.4) is 0 Å². The fourth-order valence-corrected chi connectivity index (χ4v) is 4.94. The van der Waals surface area contributed by atoms with Crippen LogP contribution in [-0.4, -0.2) is 83.4 Å². The molecular formula is C29H36N8O3. The van der Waals surface area contributed by atoms with Crippen molar-refractivity contribution in [1.82, 2.24) is 24.6 Å². The highest BCUT2D eigenvalue weighted by Crippen LogP contribution is 2.38. The zero-order chi connectivity index (χ0) is 28.1. The molecule has 1 aliphatic rings.